The van der Waals surface area contributed by atoms with Gasteiger partial charge in [0.1, 0.15) is 73.2 Å². The molecule has 0 aromatic heterocycles. The molecule has 3 rings (SSSR count). The molecule has 5 unspecified atom stereocenters. The van der Waals surface area contributed by atoms with E-state index in [0.717, 1.165) is 6.92 Å². The molecule has 38 heavy (non-hydrogen) atoms. The van der Waals surface area contributed by atoms with Gasteiger partial charge in [-0.2, -0.15) is 0 Å². The maximum atomic E-state index is 11.8. The Hall–Kier alpha value is -1.17. The molecule has 0 spiro atoms. The molecule has 0 radical (unpaired) electrons. The van der Waals surface area contributed by atoms with Crippen molar-refractivity contribution in [3.8, 4) is 0 Å². The van der Waals surface area contributed by atoms with Crippen LogP contribution in [0.2, 0.25) is 0 Å². The van der Waals surface area contributed by atoms with Crippen molar-refractivity contribution >= 4 is 5.91 Å². The Labute approximate surface area is 214 Å². The van der Waals surface area contributed by atoms with Gasteiger partial charge < -0.3 is 85.5 Å². The number of aliphatic hydroxyl groups excluding tert-OH is 10. The lowest BCUT2D eigenvalue weighted by Gasteiger charge is -2.58. The van der Waals surface area contributed by atoms with Crippen LogP contribution in [0.4, 0.5) is 0 Å². The number of hydrogen-bond acceptors (Lipinski definition) is 17. The van der Waals surface area contributed by atoms with Gasteiger partial charge in [0.15, 0.2) is 6.29 Å². The molecule has 0 aliphatic carbocycles. The van der Waals surface area contributed by atoms with E-state index in [1.165, 1.54) is 0 Å². The largest absolute Gasteiger partial charge is 0.394 e. The number of nitrogens with one attached hydrogen (secondary N) is 1. The van der Waals surface area contributed by atoms with Gasteiger partial charge in [-0.15, -0.1) is 0 Å². The van der Waals surface area contributed by atoms with E-state index in [1.54, 1.807) is 0 Å². The highest BCUT2D eigenvalue weighted by Gasteiger charge is 2.72. The second-order valence-corrected chi connectivity index (χ2v) is 9.46. The summed E-state index contributed by atoms with van der Waals surface area (Å²) in [6, 6.07) is -2.13. The Kier molecular flexibility index (Phi) is 9.69. The van der Waals surface area contributed by atoms with Crippen LogP contribution in [0.5, 0.6) is 0 Å². The first kappa shape index (κ1) is 31.4. The van der Waals surface area contributed by atoms with Gasteiger partial charge in [-0.05, 0) is 0 Å². The van der Waals surface area contributed by atoms with Crippen LogP contribution < -0.4 is 5.32 Å². The quantitative estimate of drug-likeness (QED) is 0.137. The monoisotopic (exact) mass is 561 g/mol. The minimum Gasteiger partial charge on any atom is -0.394 e. The van der Waals surface area contributed by atoms with Crippen molar-refractivity contribution in [2.45, 2.75) is 98.0 Å². The summed E-state index contributed by atoms with van der Waals surface area (Å²) in [5.74, 6) is -7.79. The van der Waals surface area contributed by atoms with Crippen LogP contribution >= 0.6 is 0 Å². The molecule has 0 aromatic rings. The van der Waals surface area contributed by atoms with Crippen molar-refractivity contribution in [3.05, 3.63) is 0 Å². The van der Waals surface area contributed by atoms with Gasteiger partial charge in [-0.3, -0.25) is 4.79 Å². The molecule has 0 aromatic carbocycles. The third-order valence-corrected chi connectivity index (χ3v) is 6.96. The minimum absolute atomic E-state index is 0.824. The normalized spacial score (nSPS) is 52.0. The van der Waals surface area contributed by atoms with Crippen molar-refractivity contribution in [3.63, 3.8) is 0 Å². The van der Waals surface area contributed by atoms with Crippen molar-refractivity contribution in [1.82, 2.24) is 5.32 Å². The molecule has 18 heteroatoms. The molecule has 3 saturated heterocycles. The Bertz CT molecular complexity index is 818. The van der Waals surface area contributed by atoms with Crippen LogP contribution in [0.1, 0.15) is 6.92 Å². The van der Waals surface area contributed by atoms with E-state index in [1.807, 2.05) is 5.32 Å². The highest BCUT2D eigenvalue weighted by Crippen LogP contribution is 2.44. The summed E-state index contributed by atoms with van der Waals surface area (Å²) in [5, 5.41) is 126. The first-order valence-electron chi connectivity index (χ1n) is 11.7. The van der Waals surface area contributed by atoms with Crippen LogP contribution in [0.15, 0.2) is 0 Å². The molecular weight excluding hydrogens is 526 g/mol. The summed E-state index contributed by atoms with van der Waals surface area (Å²) in [4.78, 5) is 11.8. The summed E-state index contributed by atoms with van der Waals surface area (Å²) in [7, 11) is 0. The molecule has 222 valence electrons. The van der Waals surface area contributed by atoms with E-state index < -0.39 is 117 Å². The number of ether oxygens (including phenoxy) is 4. The van der Waals surface area contributed by atoms with Gasteiger partial charge in [-0.25, -0.2) is 0 Å². The fourth-order valence-corrected chi connectivity index (χ4v) is 4.82. The molecular formula is C20H35NO17. The fraction of sp³-hybridized carbons (Fsp3) is 0.950. The summed E-state index contributed by atoms with van der Waals surface area (Å²) < 4.78 is 21.1. The molecule has 13 N–H and O–H groups in total. The summed E-state index contributed by atoms with van der Waals surface area (Å²) in [5.41, 5.74) is 0. The zero-order valence-electron chi connectivity index (χ0n) is 20.0. The van der Waals surface area contributed by atoms with Crippen LogP contribution in [0.3, 0.4) is 0 Å². The third-order valence-electron chi connectivity index (χ3n) is 6.96. The van der Waals surface area contributed by atoms with Crippen LogP contribution in [-0.4, -0.2) is 178 Å². The molecule has 3 heterocycles. The van der Waals surface area contributed by atoms with Crippen LogP contribution in [-0.2, 0) is 23.7 Å². The SMILES string of the molecule is CC(=O)N[C@@H]1[C@@H](O)[C@H](O)[C@@H](CO)O[C@]1(O)C1(O)O[C@H](CO)[C@@H](OC2O[C@H](CO)C(O)C(O)C2O)[C@H](O)[C@@H]1O. The molecule has 3 aliphatic heterocycles. The first-order chi connectivity index (χ1) is 17.7. The van der Waals surface area contributed by atoms with Gasteiger partial charge in [0.25, 0.3) is 5.79 Å². The van der Waals surface area contributed by atoms with Crippen molar-refractivity contribution in [2.24, 2.45) is 0 Å². The highest BCUT2D eigenvalue weighted by atomic mass is 16.8. The van der Waals surface area contributed by atoms with E-state index in [2.05, 4.69) is 0 Å². The van der Waals surface area contributed by atoms with Crippen molar-refractivity contribution in [2.75, 3.05) is 19.8 Å². The smallest absolute Gasteiger partial charge is 0.253 e. The predicted octanol–water partition coefficient (Wildman–Crippen LogP) is -8.72. The number of rotatable bonds is 7. The van der Waals surface area contributed by atoms with E-state index >= 15 is 0 Å². The zero-order chi connectivity index (χ0) is 28.7. The van der Waals surface area contributed by atoms with Crippen LogP contribution in [0, 0.1) is 0 Å². The van der Waals surface area contributed by atoms with E-state index in [9.17, 15) is 66.1 Å². The first-order valence-corrected chi connectivity index (χ1v) is 11.7. The number of hydrogen-bond donors (Lipinski definition) is 13. The molecule has 0 bridgehead atoms. The number of carbonyl (C=O) groups is 1. The highest BCUT2D eigenvalue weighted by molar-refractivity contribution is 5.73. The average molecular weight is 561 g/mol. The maximum Gasteiger partial charge on any atom is 0.253 e. The lowest BCUT2D eigenvalue weighted by Crippen LogP contribution is -2.83. The number of aliphatic hydroxyl groups is 12. The van der Waals surface area contributed by atoms with E-state index in [-0.39, 0.29) is 0 Å². The average Bonchev–Trinajstić information content (AvgIpc) is 2.88. The van der Waals surface area contributed by atoms with Gasteiger partial charge in [0, 0.05) is 6.92 Å². The lowest BCUT2D eigenvalue weighted by molar-refractivity contribution is -0.482. The van der Waals surface area contributed by atoms with E-state index in [4.69, 9.17) is 18.9 Å². The van der Waals surface area contributed by atoms with Gasteiger partial charge in [0.05, 0.1) is 19.8 Å². The summed E-state index contributed by atoms with van der Waals surface area (Å²) in [6.07, 6.45) is -23.5. The standard InChI is InChI=1S/C20H35NO17/c1-5(25)21-16-12(29)10(27)7(3-23)37-19(16,33)20(34)17(32)14(31)15(8(4-24)38-20)36-18-13(30)11(28)9(26)6(2-22)35-18/h6-18,22-24,26-34H,2-4H2,1H3,(H,21,25)/t6-,7-,8-,9?,10-,11?,12+,13?,14+,15-,16-,17+,18?,19+,20?/m1/s1. The van der Waals surface area contributed by atoms with Gasteiger partial charge in [0.2, 0.25) is 11.7 Å². The Morgan fingerprint density at radius 3 is 1.79 bits per heavy atom. The Morgan fingerprint density at radius 1 is 0.737 bits per heavy atom. The fourth-order valence-electron chi connectivity index (χ4n) is 4.82. The Balaban J connectivity index is 1.95. The molecule has 18 nitrogen and oxygen atoms in total. The maximum absolute atomic E-state index is 11.8. The van der Waals surface area contributed by atoms with Crippen molar-refractivity contribution in [1.29, 1.82) is 0 Å². The Morgan fingerprint density at radius 2 is 1.26 bits per heavy atom. The molecule has 0 saturated carbocycles. The number of amides is 1. The minimum atomic E-state index is -3.49. The summed E-state index contributed by atoms with van der Waals surface area (Å²) >= 11 is 0. The second kappa shape index (κ2) is 11.7. The second-order valence-electron chi connectivity index (χ2n) is 9.46. The lowest BCUT2D eigenvalue weighted by atomic mass is 9.79. The predicted molar refractivity (Wildman–Crippen MR) is 114 cm³/mol. The van der Waals surface area contributed by atoms with Gasteiger partial charge in [-0.1, -0.05) is 0 Å². The van der Waals surface area contributed by atoms with Crippen LogP contribution in [0.25, 0.3) is 0 Å². The number of carbonyl (C=O) groups excluding carboxylic acids is 1. The zero-order valence-corrected chi connectivity index (χ0v) is 20.0. The van der Waals surface area contributed by atoms with Crippen molar-refractivity contribution < 1.29 is 85.0 Å². The third kappa shape index (κ3) is 5.17. The molecule has 1 amide bonds. The molecule has 3 fully saturated rings. The summed E-state index contributed by atoms with van der Waals surface area (Å²) in [6.45, 7) is -2.02. The molecule has 15 atom stereocenters. The topological polar surface area (TPSA) is 309 Å². The van der Waals surface area contributed by atoms with Gasteiger partial charge >= 0.3 is 0 Å². The molecule has 3 aliphatic rings. The van der Waals surface area contributed by atoms with E-state index in [0.29, 0.717) is 0 Å².